The SMILES string of the molecule is C=CC(=O)ON(C)C. The summed E-state index contributed by atoms with van der Waals surface area (Å²) in [6.07, 6.45) is 1.11. The van der Waals surface area contributed by atoms with Crippen LogP contribution < -0.4 is 0 Å². The monoisotopic (exact) mass is 115 g/mol. The first kappa shape index (κ1) is 7.17. The summed E-state index contributed by atoms with van der Waals surface area (Å²) in [4.78, 5) is 14.7. The lowest BCUT2D eigenvalue weighted by Gasteiger charge is -2.05. The van der Waals surface area contributed by atoms with Crippen molar-refractivity contribution in [1.29, 1.82) is 0 Å². The molecule has 0 rings (SSSR count). The lowest BCUT2D eigenvalue weighted by molar-refractivity contribution is -0.171. The molecule has 3 nitrogen and oxygen atoms in total. The molecule has 0 aliphatic heterocycles. The van der Waals surface area contributed by atoms with Crippen molar-refractivity contribution in [2.24, 2.45) is 0 Å². The Balaban J connectivity index is 3.39. The molecule has 0 bridgehead atoms. The van der Waals surface area contributed by atoms with Crippen LogP contribution in [-0.4, -0.2) is 25.1 Å². The highest BCUT2D eigenvalue weighted by atomic mass is 16.7. The first-order valence-corrected chi connectivity index (χ1v) is 2.18. The van der Waals surface area contributed by atoms with E-state index in [4.69, 9.17) is 0 Å². The van der Waals surface area contributed by atoms with E-state index in [-0.39, 0.29) is 0 Å². The van der Waals surface area contributed by atoms with Crippen molar-refractivity contribution >= 4 is 5.97 Å². The number of carbonyl (C=O) groups is 1. The fraction of sp³-hybridized carbons (Fsp3) is 0.400. The van der Waals surface area contributed by atoms with E-state index in [2.05, 4.69) is 11.4 Å². The lowest BCUT2D eigenvalue weighted by atomic mass is 10.7. The molecule has 46 valence electrons. The quantitative estimate of drug-likeness (QED) is 0.380. The molecule has 0 radical (unpaired) electrons. The zero-order chi connectivity index (χ0) is 6.57. The molecule has 0 aromatic carbocycles. The van der Waals surface area contributed by atoms with Gasteiger partial charge in [0.25, 0.3) is 0 Å². The highest BCUT2D eigenvalue weighted by Gasteiger charge is 1.94. The van der Waals surface area contributed by atoms with Crippen LogP contribution in [0.15, 0.2) is 12.7 Å². The van der Waals surface area contributed by atoms with E-state index in [9.17, 15) is 4.79 Å². The van der Waals surface area contributed by atoms with Crippen LogP contribution in [0.25, 0.3) is 0 Å². The van der Waals surface area contributed by atoms with Crippen molar-refractivity contribution in [3.05, 3.63) is 12.7 Å². The van der Waals surface area contributed by atoms with Gasteiger partial charge in [-0.1, -0.05) is 6.58 Å². The Morgan fingerprint density at radius 1 is 1.75 bits per heavy atom. The van der Waals surface area contributed by atoms with Gasteiger partial charge in [0.1, 0.15) is 0 Å². The smallest absolute Gasteiger partial charge is 0.349 e. The third-order valence-corrected chi connectivity index (χ3v) is 0.439. The second-order valence-corrected chi connectivity index (χ2v) is 1.43. The van der Waals surface area contributed by atoms with Crippen LogP contribution >= 0.6 is 0 Å². The van der Waals surface area contributed by atoms with Crippen LogP contribution in [0.2, 0.25) is 0 Å². The molecule has 0 amide bonds. The third-order valence-electron chi connectivity index (χ3n) is 0.439. The van der Waals surface area contributed by atoms with Gasteiger partial charge < -0.3 is 4.84 Å². The maximum Gasteiger partial charge on any atom is 0.349 e. The Morgan fingerprint density at radius 3 is 2.38 bits per heavy atom. The molecule has 0 aliphatic carbocycles. The largest absolute Gasteiger partial charge is 0.365 e. The highest BCUT2D eigenvalue weighted by molar-refractivity contribution is 5.80. The summed E-state index contributed by atoms with van der Waals surface area (Å²) < 4.78 is 0. The minimum Gasteiger partial charge on any atom is -0.365 e. The average Bonchev–Trinajstić information content (AvgIpc) is 1.65. The molecule has 0 saturated heterocycles. The van der Waals surface area contributed by atoms with Crippen molar-refractivity contribution in [2.75, 3.05) is 14.1 Å². The highest BCUT2D eigenvalue weighted by Crippen LogP contribution is 1.79. The molecule has 0 N–H and O–H groups in total. The summed E-state index contributed by atoms with van der Waals surface area (Å²) in [5.74, 6) is -0.435. The molecule has 0 aromatic rings. The zero-order valence-electron chi connectivity index (χ0n) is 5.05. The molecule has 0 atom stereocenters. The standard InChI is InChI=1S/C5H9NO2/c1-4-5(7)8-6(2)3/h4H,1H2,2-3H3. The lowest BCUT2D eigenvalue weighted by Crippen LogP contribution is -2.16. The van der Waals surface area contributed by atoms with Gasteiger partial charge in [-0.15, -0.1) is 5.06 Å². The van der Waals surface area contributed by atoms with E-state index in [0.29, 0.717) is 0 Å². The average molecular weight is 115 g/mol. The summed E-state index contributed by atoms with van der Waals surface area (Å²) in [6, 6.07) is 0. The van der Waals surface area contributed by atoms with Gasteiger partial charge >= 0.3 is 5.97 Å². The second kappa shape index (κ2) is 3.21. The first-order chi connectivity index (χ1) is 3.66. The van der Waals surface area contributed by atoms with E-state index in [1.54, 1.807) is 14.1 Å². The molecule has 0 unspecified atom stereocenters. The van der Waals surface area contributed by atoms with Gasteiger partial charge in [-0.05, 0) is 0 Å². The van der Waals surface area contributed by atoms with Crippen LogP contribution in [0.5, 0.6) is 0 Å². The fourth-order valence-corrected chi connectivity index (χ4v) is 0.217. The minimum atomic E-state index is -0.435. The fourth-order valence-electron chi connectivity index (χ4n) is 0.217. The Morgan fingerprint density at radius 2 is 2.25 bits per heavy atom. The van der Waals surface area contributed by atoms with Crippen molar-refractivity contribution in [2.45, 2.75) is 0 Å². The molecule has 0 spiro atoms. The van der Waals surface area contributed by atoms with Gasteiger partial charge in [0.05, 0.1) is 0 Å². The predicted octanol–water partition coefficient (Wildman–Crippen LogP) is 0.192. The first-order valence-electron chi connectivity index (χ1n) is 2.18. The van der Waals surface area contributed by atoms with Crippen LogP contribution in [0, 0.1) is 0 Å². The Labute approximate surface area is 48.5 Å². The topological polar surface area (TPSA) is 29.5 Å². The van der Waals surface area contributed by atoms with Crippen LogP contribution in [0.4, 0.5) is 0 Å². The van der Waals surface area contributed by atoms with Gasteiger partial charge in [0.2, 0.25) is 0 Å². The van der Waals surface area contributed by atoms with Crippen LogP contribution in [0.3, 0.4) is 0 Å². The van der Waals surface area contributed by atoms with Crippen LogP contribution in [-0.2, 0) is 9.63 Å². The Kier molecular flexibility index (Phi) is 2.88. The van der Waals surface area contributed by atoms with E-state index in [1.807, 2.05) is 0 Å². The van der Waals surface area contributed by atoms with Crippen molar-refractivity contribution < 1.29 is 9.63 Å². The number of hydrogen-bond donors (Lipinski definition) is 0. The molecule has 0 aromatic heterocycles. The Bertz CT molecular complexity index is 98.6. The second-order valence-electron chi connectivity index (χ2n) is 1.43. The Hall–Kier alpha value is -0.830. The zero-order valence-corrected chi connectivity index (χ0v) is 5.05. The van der Waals surface area contributed by atoms with Crippen molar-refractivity contribution in [3.63, 3.8) is 0 Å². The molecule has 0 fully saturated rings. The maximum atomic E-state index is 10.2. The molecule has 0 saturated carbocycles. The predicted molar refractivity (Wildman–Crippen MR) is 30.0 cm³/mol. The number of hydrogen-bond acceptors (Lipinski definition) is 3. The summed E-state index contributed by atoms with van der Waals surface area (Å²) >= 11 is 0. The van der Waals surface area contributed by atoms with Gasteiger partial charge in [0, 0.05) is 20.2 Å². The number of rotatable bonds is 2. The summed E-state index contributed by atoms with van der Waals surface area (Å²) in [5, 5.41) is 1.31. The van der Waals surface area contributed by atoms with Crippen LogP contribution in [0.1, 0.15) is 0 Å². The molecular weight excluding hydrogens is 106 g/mol. The van der Waals surface area contributed by atoms with E-state index in [1.165, 1.54) is 5.06 Å². The molecular formula is C5H9NO2. The van der Waals surface area contributed by atoms with E-state index >= 15 is 0 Å². The molecule has 8 heavy (non-hydrogen) atoms. The maximum absolute atomic E-state index is 10.2. The number of hydroxylamine groups is 2. The van der Waals surface area contributed by atoms with Gasteiger partial charge in [-0.2, -0.15) is 0 Å². The van der Waals surface area contributed by atoms with Gasteiger partial charge in [0.15, 0.2) is 0 Å². The van der Waals surface area contributed by atoms with Gasteiger partial charge in [-0.3, -0.25) is 0 Å². The van der Waals surface area contributed by atoms with Crippen molar-refractivity contribution in [1.82, 2.24) is 5.06 Å². The summed E-state index contributed by atoms with van der Waals surface area (Å²) in [5.41, 5.74) is 0. The molecule has 3 heteroatoms. The third kappa shape index (κ3) is 3.36. The van der Waals surface area contributed by atoms with Crippen molar-refractivity contribution in [3.8, 4) is 0 Å². The summed E-state index contributed by atoms with van der Waals surface area (Å²) in [6.45, 7) is 3.21. The number of carbonyl (C=O) groups excluding carboxylic acids is 1. The minimum absolute atomic E-state index is 0.435. The molecule has 0 aliphatic rings. The number of nitrogens with zero attached hydrogens (tertiary/aromatic N) is 1. The normalized spacial score (nSPS) is 8.88. The van der Waals surface area contributed by atoms with E-state index in [0.717, 1.165) is 6.08 Å². The summed E-state index contributed by atoms with van der Waals surface area (Å²) in [7, 11) is 3.25. The molecule has 0 heterocycles. The van der Waals surface area contributed by atoms with E-state index < -0.39 is 5.97 Å². The van der Waals surface area contributed by atoms with Gasteiger partial charge in [-0.25, -0.2) is 4.79 Å².